The minimum absolute atomic E-state index is 0.303. The van der Waals surface area contributed by atoms with E-state index in [4.69, 9.17) is 5.73 Å². The Hall–Kier alpha value is -2.01. The van der Waals surface area contributed by atoms with Crippen molar-refractivity contribution in [1.82, 2.24) is 10.3 Å². The summed E-state index contributed by atoms with van der Waals surface area (Å²) in [5.41, 5.74) is 9.39. The summed E-state index contributed by atoms with van der Waals surface area (Å²) >= 11 is 0. The van der Waals surface area contributed by atoms with Gasteiger partial charge < -0.3 is 16.0 Å². The van der Waals surface area contributed by atoms with Crippen LogP contribution < -0.4 is 21.3 Å². The third-order valence-corrected chi connectivity index (χ3v) is 4.81. The summed E-state index contributed by atoms with van der Waals surface area (Å²) in [6.45, 7) is 7.69. The number of unbranched alkanes of at least 4 members (excludes halogenated alkanes) is 1. The van der Waals surface area contributed by atoms with E-state index in [-0.39, 0.29) is 5.79 Å². The highest BCUT2D eigenvalue weighted by Crippen LogP contribution is 2.47. The molecule has 0 spiro atoms. The van der Waals surface area contributed by atoms with E-state index < -0.39 is 0 Å². The molecule has 0 saturated carbocycles. The Balaban J connectivity index is 2.20. The molecule has 0 aliphatic carbocycles. The van der Waals surface area contributed by atoms with Gasteiger partial charge in [0.2, 0.25) is 0 Å². The number of nitrogens with one attached hydrogen (secondary N) is 2. The van der Waals surface area contributed by atoms with E-state index in [1.165, 1.54) is 5.69 Å². The minimum Gasteiger partial charge on any atom is -0.382 e. The van der Waals surface area contributed by atoms with E-state index in [2.05, 4.69) is 53.4 Å². The predicted octanol–water partition coefficient (Wildman–Crippen LogP) is 3.77. The van der Waals surface area contributed by atoms with E-state index in [0.29, 0.717) is 11.7 Å². The van der Waals surface area contributed by atoms with Gasteiger partial charge in [0, 0.05) is 18.4 Å². The van der Waals surface area contributed by atoms with Crippen molar-refractivity contribution in [1.29, 1.82) is 0 Å². The second-order valence-electron chi connectivity index (χ2n) is 7.08. The summed E-state index contributed by atoms with van der Waals surface area (Å²) in [6, 6.07) is 8.25. The molecule has 1 aromatic heterocycles. The highest BCUT2D eigenvalue weighted by Gasteiger charge is 2.44. The molecule has 0 amide bonds. The smallest absolute Gasteiger partial charge is 0.166 e. The molecule has 5 heteroatoms. The third-order valence-electron chi connectivity index (χ3n) is 4.81. The fourth-order valence-corrected chi connectivity index (χ4v) is 3.65. The quantitative estimate of drug-likeness (QED) is 0.754. The maximum absolute atomic E-state index is 6.31. The highest BCUT2D eigenvalue weighted by atomic mass is 15.5. The number of aromatic nitrogens is 1. The lowest BCUT2D eigenvalue weighted by atomic mass is 10.1. The average molecular weight is 327 g/mol. The molecule has 1 aromatic carbocycles. The number of para-hydroxylation sites is 1. The van der Waals surface area contributed by atoms with Crippen LogP contribution in [0.2, 0.25) is 0 Å². The number of pyridine rings is 1. The first-order valence-electron chi connectivity index (χ1n) is 8.95. The second-order valence-corrected chi connectivity index (χ2v) is 7.08. The summed E-state index contributed by atoms with van der Waals surface area (Å²) in [5, 5.41) is 8.37. The number of hydrogen-bond donors (Lipinski definition) is 3. The van der Waals surface area contributed by atoms with E-state index in [0.717, 1.165) is 42.4 Å². The standard InChI is InChI=1S/C19H29N5/c1-5-6-11-19(21-4)23-16-17(24(19)12-13(2)3)14-9-7-8-10-15(14)22-18(16)20/h7-10,13,21,23H,5-6,11-12H2,1-4H3,(H2,20,22). The second kappa shape index (κ2) is 6.48. The number of nitrogen functional groups attached to an aromatic ring is 1. The largest absolute Gasteiger partial charge is 0.382 e. The fraction of sp³-hybridized carbons (Fsp3) is 0.526. The molecule has 24 heavy (non-hydrogen) atoms. The summed E-state index contributed by atoms with van der Waals surface area (Å²) in [7, 11) is 2.02. The zero-order valence-electron chi connectivity index (χ0n) is 15.2. The Morgan fingerprint density at radius 3 is 2.75 bits per heavy atom. The normalized spacial score (nSPS) is 19.8. The van der Waals surface area contributed by atoms with Gasteiger partial charge in [0.25, 0.3) is 0 Å². The molecule has 1 aliphatic heterocycles. The molecule has 0 radical (unpaired) electrons. The first kappa shape index (κ1) is 16.8. The van der Waals surface area contributed by atoms with E-state index in [9.17, 15) is 0 Å². The zero-order chi connectivity index (χ0) is 17.3. The van der Waals surface area contributed by atoms with Crippen molar-refractivity contribution >= 4 is 28.1 Å². The topological polar surface area (TPSA) is 66.2 Å². The van der Waals surface area contributed by atoms with Crippen LogP contribution in [0.15, 0.2) is 24.3 Å². The van der Waals surface area contributed by atoms with Crippen LogP contribution in [0.25, 0.3) is 10.9 Å². The summed E-state index contributed by atoms with van der Waals surface area (Å²) in [4.78, 5) is 7.06. The number of hydrogen-bond acceptors (Lipinski definition) is 5. The minimum atomic E-state index is -0.303. The van der Waals surface area contributed by atoms with E-state index >= 15 is 0 Å². The molecule has 1 aliphatic rings. The van der Waals surface area contributed by atoms with Crippen molar-refractivity contribution in [2.75, 3.05) is 29.5 Å². The molecule has 130 valence electrons. The monoisotopic (exact) mass is 327 g/mol. The Bertz CT molecular complexity index is 727. The number of benzene rings is 1. The average Bonchev–Trinajstić information content (AvgIpc) is 2.88. The zero-order valence-corrected chi connectivity index (χ0v) is 15.2. The van der Waals surface area contributed by atoms with Crippen LogP contribution in [0.1, 0.15) is 40.0 Å². The Labute approximate surface area is 144 Å². The van der Waals surface area contributed by atoms with Gasteiger partial charge in [-0.3, -0.25) is 5.32 Å². The van der Waals surface area contributed by atoms with E-state index in [1.807, 2.05) is 19.2 Å². The van der Waals surface area contributed by atoms with Gasteiger partial charge >= 0.3 is 0 Å². The van der Waals surface area contributed by atoms with Crippen molar-refractivity contribution in [3.05, 3.63) is 24.3 Å². The molecule has 2 aromatic rings. The molecular formula is C19H29N5. The van der Waals surface area contributed by atoms with Gasteiger partial charge in [-0.2, -0.15) is 0 Å². The van der Waals surface area contributed by atoms with Crippen LogP contribution >= 0.6 is 0 Å². The number of fused-ring (bicyclic) bond motifs is 3. The van der Waals surface area contributed by atoms with Crippen LogP contribution in [-0.4, -0.2) is 24.4 Å². The fourth-order valence-electron chi connectivity index (χ4n) is 3.65. The van der Waals surface area contributed by atoms with Gasteiger partial charge in [-0.1, -0.05) is 45.4 Å². The van der Waals surface area contributed by atoms with Gasteiger partial charge in [0.05, 0.1) is 11.2 Å². The molecule has 0 fully saturated rings. The summed E-state index contributed by atoms with van der Waals surface area (Å²) < 4.78 is 0. The maximum Gasteiger partial charge on any atom is 0.166 e. The number of rotatable bonds is 6. The molecule has 4 N–H and O–H groups in total. The van der Waals surface area contributed by atoms with Crippen LogP contribution in [-0.2, 0) is 0 Å². The Morgan fingerprint density at radius 2 is 2.08 bits per heavy atom. The lowest BCUT2D eigenvalue weighted by Gasteiger charge is -2.41. The predicted molar refractivity (Wildman–Crippen MR) is 103 cm³/mol. The van der Waals surface area contributed by atoms with Gasteiger partial charge in [-0.25, -0.2) is 4.98 Å². The molecule has 3 rings (SSSR count). The van der Waals surface area contributed by atoms with Gasteiger partial charge in [-0.15, -0.1) is 0 Å². The first-order valence-corrected chi connectivity index (χ1v) is 8.95. The van der Waals surface area contributed by atoms with Crippen molar-refractivity contribution < 1.29 is 0 Å². The maximum atomic E-state index is 6.31. The van der Waals surface area contributed by atoms with Gasteiger partial charge in [0.1, 0.15) is 11.5 Å². The van der Waals surface area contributed by atoms with Crippen LogP contribution in [0.3, 0.4) is 0 Å². The van der Waals surface area contributed by atoms with Crippen molar-refractivity contribution in [3.63, 3.8) is 0 Å². The van der Waals surface area contributed by atoms with Crippen molar-refractivity contribution in [2.24, 2.45) is 5.92 Å². The lowest BCUT2D eigenvalue weighted by Crippen LogP contribution is -2.61. The number of anilines is 3. The first-order chi connectivity index (χ1) is 11.5. The Morgan fingerprint density at radius 1 is 1.33 bits per heavy atom. The van der Waals surface area contributed by atoms with Gasteiger partial charge in [0.15, 0.2) is 5.79 Å². The van der Waals surface area contributed by atoms with Gasteiger partial charge in [-0.05, 0) is 25.5 Å². The number of nitrogens with two attached hydrogens (primary N) is 1. The van der Waals surface area contributed by atoms with Crippen LogP contribution in [0.5, 0.6) is 0 Å². The molecule has 0 bridgehead atoms. The third kappa shape index (κ3) is 2.67. The molecule has 1 atom stereocenters. The Kier molecular flexibility index (Phi) is 4.54. The summed E-state index contributed by atoms with van der Waals surface area (Å²) in [5.74, 6) is 0.814. The van der Waals surface area contributed by atoms with Crippen LogP contribution in [0, 0.1) is 5.92 Å². The van der Waals surface area contributed by atoms with Crippen molar-refractivity contribution in [3.8, 4) is 0 Å². The molecule has 1 unspecified atom stereocenters. The molecular weight excluding hydrogens is 298 g/mol. The molecule has 0 saturated heterocycles. The SMILES string of the molecule is CCCCC1(NC)Nc2c(N)nc3ccccc3c2N1CC(C)C. The van der Waals surface area contributed by atoms with Crippen molar-refractivity contribution in [2.45, 2.75) is 45.8 Å². The molecule has 5 nitrogen and oxygen atoms in total. The highest BCUT2D eigenvalue weighted by molar-refractivity contribution is 6.04. The number of nitrogens with zero attached hydrogens (tertiary/aromatic N) is 2. The van der Waals surface area contributed by atoms with Crippen LogP contribution in [0.4, 0.5) is 17.2 Å². The lowest BCUT2D eigenvalue weighted by molar-refractivity contribution is 0.340. The van der Waals surface area contributed by atoms with E-state index in [1.54, 1.807) is 0 Å². The molecule has 2 heterocycles. The summed E-state index contributed by atoms with van der Waals surface area (Å²) in [6.07, 6.45) is 3.31.